The second-order valence-electron chi connectivity index (χ2n) is 2.39. The Morgan fingerprint density at radius 1 is 1.50 bits per heavy atom. The molecule has 1 aromatic carbocycles. The molecule has 12 heavy (non-hydrogen) atoms. The van der Waals surface area contributed by atoms with Crippen LogP contribution in [0.3, 0.4) is 0 Å². The van der Waals surface area contributed by atoms with Crippen LogP contribution in [0, 0.1) is 0 Å². The highest BCUT2D eigenvalue weighted by Gasteiger charge is 2.05. The lowest BCUT2D eigenvalue weighted by atomic mass is 10.2. The van der Waals surface area contributed by atoms with Gasteiger partial charge in [-0.2, -0.15) is 0 Å². The van der Waals surface area contributed by atoms with Crippen molar-refractivity contribution in [1.29, 1.82) is 0 Å². The Morgan fingerprint density at radius 2 is 2.33 bits per heavy atom. The number of nitrogens with zero attached hydrogens (tertiary/aromatic N) is 1. The Kier molecular flexibility index (Phi) is 1.86. The van der Waals surface area contributed by atoms with Crippen molar-refractivity contribution in [3.63, 3.8) is 0 Å². The van der Waals surface area contributed by atoms with Gasteiger partial charge in [-0.15, -0.1) is 0 Å². The summed E-state index contributed by atoms with van der Waals surface area (Å²) in [6.07, 6.45) is 0. The van der Waals surface area contributed by atoms with Crippen molar-refractivity contribution < 1.29 is 9.52 Å². The highest BCUT2D eigenvalue weighted by molar-refractivity contribution is 9.10. The number of benzene rings is 1. The summed E-state index contributed by atoms with van der Waals surface area (Å²) < 4.78 is 5.20. The zero-order chi connectivity index (χ0) is 8.55. The molecule has 0 aliphatic carbocycles. The van der Waals surface area contributed by atoms with Gasteiger partial charge in [-0.05, 0) is 6.07 Å². The molecule has 2 rings (SSSR count). The Hall–Kier alpha value is -0.870. The van der Waals surface area contributed by atoms with Crippen molar-refractivity contribution >= 4 is 27.0 Å². The number of halogens is 1. The number of hydrogen-bond acceptors (Lipinski definition) is 3. The second kappa shape index (κ2) is 2.88. The molecule has 0 unspecified atom stereocenters. The summed E-state index contributed by atoms with van der Waals surface area (Å²) in [6, 6.07) is 5.45. The van der Waals surface area contributed by atoms with Crippen LogP contribution >= 0.6 is 15.9 Å². The molecule has 1 aromatic heterocycles. The van der Waals surface area contributed by atoms with E-state index in [-0.39, 0.29) is 6.61 Å². The molecule has 0 saturated heterocycles. The van der Waals surface area contributed by atoms with Crippen LogP contribution < -0.4 is 0 Å². The Morgan fingerprint density at radius 3 is 3.08 bits per heavy atom. The summed E-state index contributed by atoms with van der Waals surface area (Å²) in [7, 11) is 0. The standard InChI is InChI=1S/C8H6BrNO2/c9-8-10-7-5(4-11)2-1-3-6(7)12-8/h1-3,11H,4H2. The van der Waals surface area contributed by atoms with Gasteiger partial charge in [0.05, 0.1) is 6.61 Å². The first-order valence-electron chi connectivity index (χ1n) is 3.46. The molecule has 1 N–H and O–H groups in total. The third-order valence-electron chi connectivity index (χ3n) is 1.65. The van der Waals surface area contributed by atoms with E-state index >= 15 is 0 Å². The maximum Gasteiger partial charge on any atom is 0.265 e. The van der Waals surface area contributed by atoms with Gasteiger partial charge in [0, 0.05) is 21.5 Å². The summed E-state index contributed by atoms with van der Waals surface area (Å²) in [6.45, 7) is -0.0175. The van der Waals surface area contributed by atoms with Crippen LogP contribution in [0.1, 0.15) is 5.56 Å². The third kappa shape index (κ3) is 1.13. The van der Waals surface area contributed by atoms with Crippen LogP contribution in [0.4, 0.5) is 0 Å². The van der Waals surface area contributed by atoms with Crippen molar-refractivity contribution in [2.75, 3.05) is 0 Å². The fourth-order valence-electron chi connectivity index (χ4n) is 1.11. The molecule has 3 nitrogen and oxygen atoms in total. The van der Waals surface area contributed by atoms with Gasteiger partial charge in [-0.3, -0.25) is 0 Å². The molecule has 0 spiro atoms. The number of rotatable bonds is 1. The molecule has 62 valence electrons. The summed E-state index contributed by atoms with van der Waals surface area (Å²) in [5.41, 5.74) is 2.18. The average Bonchev–Trinajstić information content (AvgIpc) is 2.44. The quantitative estimate of drug-likeness (QED) is 0.812. The molecule has 0 radical (unpaired) electrons. The first-order valence-corrected chi connectivity index (χ1v) is 4.25. The van der Waals surface area contributed by atoms with E-state index in [2.05, 4.69) is 20.9 Å². The molecular formula is C8H6BrNO2. The van der Waals surface area contributed by atoms with E-state index in [9.17, 15) is 0 Å². The molecule has 4 heteroatoms. The van der Waals surface area contributed by atoms with Crippen LogP contribution in [0.2, 0.25) is 0 Å². The van der Waals surface area contributed by atoms with Crippen molar-refractivity contribution in [3.8, 4) is 0 Å². The van der Waals surface area contributed by atoms with E-state index in [0.717, 1.165) is 5.56 Å². The van der Waals surface area contributed by atoms with Crippen LogP contribution in [-0.4, -0.2) is 10.1 Å². The SMILES string of the molecule is OCc1cccc2oc(Br)nc12. The number of oxazole rings is 1. The van der Waals surface area contributed by atoms with Gasteiger partial charge in [0.15, 0.2) is 5.58 Å². The minimum Gasteiger partial charge on any atom is -0.431 e. The summed E-state index contributed by atoms with van der Waals surface area (Å²) in [5, 5.41) is 8.95. The van der Waals surface area contributed by atoms with E-state index in [1.807, 2.05) is 18.2 Å². The monoisotopic (exact) mass is 227 g/mol. The molecule has 1 heterocycles. The smallest absolute Gasteiger partial charge is 0.265 e. The van der Waals surface area contributed by atoms with E-state index in [1.165, 1.54) is 0 Å². The fraction of sp³-hybridized carbons (Fsp3) is 0.125. The zero-order valence-electron chi connectivity index (χ0n) is 6.12. The molecule has 0 aliphatic heterocycles. The van der Waals surface area contributed by atoms with Gasteiger partial charge in [-0.25, -0.2) is 4.98 Å². The van der Waals surface area contributed by atoms with Crippen LogP contribution in [0.25, 0.3) is 11.1 Å². The molecule has 2 aromatic rings. The number of para-hydroxylation sites is 1. The van der Waals surface area contributed by atoms with Gasteiger partial charge < -0.3 is 9.52 Å². The maximum absolute atomic E-state index is 8.95. The lowest BCUT2D eigenvalue weighted by Gasteiger charge is -1.93. The molecule has 0 bridgehead atoms. The number of fused-ring (bicyclic) bond motifs is 1. The number of aromatic nitrogens is 1. The lowest BCUT2D eigenvalue weighted by Crippen LogP contribution is -1.83. The molecule has 0 saturated carbocycles. The van der Waals surface area contributed by atoms with Gasteiger partial charge in [-0.1, -0.05) is 12.1 Å². The second-order valence-corrected chi connectivity index (χ2v) is 3.07. The maximum atomic E-state index is 8.95. The van der Waals surface area contributed by atoms with Crippen LogP contribution in [-0.2, 0) is 6.61 Å². The average molecular weight is 228 g/mol. The highest BCUT2D eigenvalue weighted by atomic mass is 79.9. The summed E-state index contributed by atoms with van der Waals surface area (Å²) in [5.74, 6) is 0. The largest absolute Gasteiger partial charge is 0.431 e. The van der Waals surface area contributed by atoms with Crippen molar-refractivity contribution in [3.05, 3.63) is 28.6 Å². The van der Waals surface area contributed by atoms with Crippen molar-refractivity contribution in [2.24, 2.45) is 0 Å². The first-order chi connectivity index (χ1) is 5.81. The van der Waals surface area contributed by atoms with Gasteiger partial charge in [0.1, 0.15) is 5.52 Å². The molecule has 0 fully saturated rings. The Balaban J connectivity index is 2.78. The van der Waals surface area contributed by atoms with Crippen molar-refractivity contribution in [2.45, 2.75) is 6.61 Å². The van der Waals surface area contributed by atoms with Gasteiger partial charge in [0.2, 0.25) is 0 Å². The van der Waals surface area contributed by atoms with Crippen molar-refractivity contribution in [1.82, 2.24) is 4.98 Å². The normalized spacial score (nSPS) is 10.8. The van der Waals surface area contributed by atoms with Gasteiger partial charge in [0.25, 0.3) is 4.80 Å². The number of aliphatic hydroxyl groups excluding tert-OH is 1. The lowest BCUT2D eigenvalue weighted by molar-refractivity contribution is 0.283. The molecular weight excluding hydrogens is 222 g/mol. The number of hydrogen-bond donors (Lipinski definition) is 1. The van der Waals surface area contributed by atoms with Crippen LogP contribution in [0.5, 0.6) is 0 Å². The van der Waals surface area contributed by atoms with Gasteiger partial charge >= 0.3 is 0 Å². The third-order valence-corrected chi connectivity index (χ3v) is 1.99. The molecule has 0 atom stereocenters. The minimum atomic E-state index is -0.0175. The van der Waals surface area contributed by atoms with E-state index in [1.54, 1.807) is 0 Å². The van der Waals surface area contributed by atoms with E-state index < -0.39 is 0 Å². The zero-order valence-corrected chi connectivity index (χ0v) is 7.71. The molecule has 0 aliphatic rings. The summed E-state index contributed by atoms with van der Waals surface area (Å²) >= 11 is 3.13. The highest BCUT2D eigenvalue weighted by Crippen LogP contribution is 2.22. The minimum absolute atomic E-state index is 0.0175. The van der Waals surface area contributed by atoms with E-state index in [0.29, 0.717) is 15.9 Å². The topological polar surface area (TPSA) is 46.3 Å². The first kappa shape index (κ1) is 7.76. The number of aliphatic hydroxyl groups is 1. The summed E-state index contributed by atoms with van der Waals surface area (Å²) in [4.78, 5) is 4.52. The molecule has 0 amide bonds. The van der Waals surface area contributed by atoms with E-state index in [4.69, 9.17) is 9.52 Å². The predicted octanol–water partition coefficient (Wildman–Crippen LogP) is 2.08. The Bertz CT molecular complexity index is 410. The predicted molar refractivity (Wildman–Crippen MR) is 47.6 cm³/mol. The fourth-order valence-corrected chi connectivity index (χ4v) is 1.46. The van der Waals surface area contributed by atoms with Crippen LogP contribution in [0.15, 0.2) is 27.4 Å². The Labute approximate surface area is 77.2 Å².